The molecule has 0 saturated carbocycles. The fraction of sp³-hybridized carbons (Fsp3) is 0.455. The van der Waals surface area contributed by atoms with Crippen LogP contribution in [0.1, 0.15) is 20.3 Å². The Hall–Kier alpha value is -0.603. The maximum atomic E-state index is 5.92. The summed E-state index contributed by atoms with van der Waals surface area (Å²) in [4.78, 5) is 0. The minimum atomic E-state index is -1.14. The molecular formula is C11H18OSi. The predicted octanol–water partition coefficient (Wildman–Crippen LogP) is 2.06. The van der Waals surface area contributed by atoms with Gasteiger partial charge in [-0.2, -0.15) is 0 Å². The highest BCUT2D eigenvalue weighted by Gasteiger charge is 2.10. The zero-order valence-electron chi connectivity index (χ0n) is 8.66. The van der Waals surface area contributed by atoms with E-state index in [1.54, 1.807) is 0 Å². The van der Waals surface area contributed by atoms with Crippen molar-refractivity contribution in [3.05, 3.63) is 30.3 Å². The predicted molar refractivity (Wildman–Crippen MR) is 59.9 cm³/mol. The van der Waals surface area contributed by atoms with Crippen molar-refractivity contribution in [2.24, 2.45) is 0 Å². The van der Waals surface area contributed by atoms with Crippen molar-refractivity contribution in [1.29, 1.82) is 0 Å². The summed E-state index contributed by atoms with van der Waals surface area (Å²) >= 11 is 0. The Morgan fingerprint density at radius 2 is 1.92 bits per heavy atom. The second-order valence-electron chi connectivity index (χ2n) is 3.41. The molecule has 0 amide bonds. The van der Waals surface area contributed by atoms with Gasteiger partial charge in [0.05, 0.1) is 0 Å². The first kappa shape index (κ1) is 10.5. The van der Waals surface area contributed by atoms with Crippen molar-refractivity contribution in [2.45, 2.75) is 32.9 Å². The molecule has 72 valence electrons. The van der Waals surface area contributed by atoms with E-state index in [1.165, 1.54) is 5.19 Å². The molecule has 2 atom stereocenters. The Balaban J connectivity index is 2.53. The van der Waals surface area contributed by atoms with Gasteiger partial charge in [-0.15, -0.1) is 0 Å². The molecule has 0 radical (unpaired) electrons. The first-order valence-electron chi connectivity index (χ1n) is 4.94. The van der Waals surface area contributed by atoms with Crippen LogP contribution < -0.4 is 5.19 Å². The normalized spacial score (nSPS) is 15.3. The van der Waals surface area contributed by atoms with Crippen LogP contribution in [0, 0.1) is 0 Å². The highest BCUT2D eigenvalue weighted by atomic mass is 28.3. The van der Waals surface area contributed by atoms with Crippen LogP contribution >= 0.6 is 0 Å². The second-order valence-corrected chi connectivity index (χ2v) is 5.63. The van der Waals surface area contributed by atoms with Gasteiger partial charge in [0.1, 0.15) is 0 Å². The van der Waals surface area contributed by atoms with Gasteiger partial charge < -0.3 is 4.43 Å². The molecule has 0 aliphatic carbocycles. The average molecular weight is 194 g/mol. The van der Waals surface area contributed by atoms with Crippen LogP contribution in [0.2, 0.25) is 6.55 Å². The van der Waals surface area contributed by atoms with Crippen molar-refractivity contribution in [3.8, 4) is 0 Å². The summed E-state index contributed by atoms with van der Waals surface area (Å²) in [5, 5.41) is 1.39. The zero-order valence-corrected chi connectivity index (χ0v) is 9.81. The molecule has 13 heavy (non-hydrogen) atoms. The lowest BCUT2D eigenvalue weighted by atomic mass is 10.3. The van der Waals surface area contributed by atoms with E-state index in [0.29, 0.717) is 6.10 Å². The molecule has 0 aliphatic rings. The van der Waals surface area contributed by atoms with Crippen LogP contribution in [-0.4, -0.2) is 15.1 Å². The van der Waals surface area contributed by atoms with Crippen LogP contribution in [-0.2, 0) is 4.43 Å². The quantitative estimate of drug-likeness (QED) is 0.667. The molecule has 0 aliphatic heterocycles. The van der Waals surface area contributed by atoms with E-state index in [0.717, 1.165) is 6.42 Å². The molecule has 0 heterocycles. The fourth-order valence-corrected chi connectivity index (χ4v) is 3.06. The lowest BCUT2D eigenvalue weighted by Gasteiger charge is -2.17. The Morgan fingerprint density at radius 3 is 2.46 bits per heavy atom. The van der Waals surface area contributed by atoms with Gasteiger partial charge in [0, 0.05) is 6.10 Å². The molecule has 0 N–H and O–H groups in total. The van der Waals surface area contributed by atoms with Crippen molar-refractivity contribution in [3.63, 3.8) is 0 Å². The van der Waals surface area contributed by atoms with Gasteiger partial charge in [-0.05, 0) is 25.1 Å². The Kier molecular flexibility index (Phi) is 4.19. The van der Waals surface area contributed by atoms with E-state index in [4.69, 9.17) is 4.43 Å². The minimum Gasteiger partial charge on any atom is -0.413 e. The molecule has 0 spiro atoms. The second kappa shape index (κ2) is 5.20. The van der Waals surface area contributed by atoms with Gasteiger partial charge in [-0.3, -0.25) is 0 Å². The number of benzene rings is 1. The van der Waals surface area contributed by atoms with E-state index in [1.807, 2.05) is 6.07 Å². The van der Waals surface area contributed by atoms with Crippen LogP contribution in [0.25, 0.3) is 0 Å². The monoisotopic (exact) mass is 194 g/mol. The first-order chi connectivity index (χ1) is 6.24. The Morgan fingerprint density at radius 1 is 1.31 bits per heavy atom. The molecular weight excluding hydrogens is 176 g/mol. The van der Waals surface area contributed by atoms with Crippen molar-refractivity contribution < 1.29 is 4.43 Å². The summed E-state index contributed by atoms with van der Waals surface area (Å²) in [5.41, 5.74) is 0. The Bertz CT molecular complexity index is 235. The molecule has 0 fully saturated rings. The van der Waals surface area contributed by atoms with Crippen LogP contribution in [0.3, 0.4) is 0 Å². The van der Waals surface area contributed by atoms with Crippen LogP contribution in [0.4, 0.5) is 0 Å². The molecule has 2 heteroatoms. The highest BCUT2D eigenvalue weighted by Crippen LogP contribution is 1.99. The van der Waals surface area contributed by atoms with Gasteiger partial charge in [0.25, 0.3) is 0 Å². The molecule has 0 aromatic heterocycles. The third-order valence-electron chi connectivity index (χ3n) is 2.28. The van der Waals surface area contributed by atoms with Crippen LogP contribution in [0.5, 0.6) is 0 Å². The third-order valence-corrected chi connectivity index (χ3v) is 4.48. The van der Waals surface area contributed by atoms with Crippen LogP contribution in [0.15, 0.2) is 30.3 Å². The lowest BCUT2D eigenvalue weighted by molar-refractivity contribution is 0.224. The smallest absolute Gasteiger partial charge is 0.205 e. The molecule has 1 aromatic carbocycles. The minimum absolute atomic E-state index is 0.405. The standard InChI is InChI=1S/C11H18OSi/c1-4-10(2)12-13(3)11-8-6-5-7-9-11/h5-10,13H,4H2,1-3H3. The molecule has 1 nitrogen and oxygen atoms in total. The van der Waals surface area contributed by atoms with E-state index in [9.17, 15) is 0 Å². The maximum Gasteiger partial charge on any atom is 0.205 e. The zero-order chi connectivity index (χ0) is 9.68. The molecule has 1 aromatic rings. The van der Waals surface area contributed by atoms with Gasteiger partial charge in [0.2, 0.25) is 9.04 Å². The van der Waals surface area contributed by atoms with Crippen molar-refractivity contribution in [1.82, 2.24) is 0 Å². The molecule has 0 saturated heterocycles. The average Bonchev–Trinajstić information content (AvgIpc) is 2.19. The van der Waals surface area contributed by atoms with Gasteiger partial charge in [0.15, 0.2) is 0 Å². The topological polar surface area (TPSA) is 9.23 Å². The van der Waals surface area contributed by atoms with Gasteiger partial charge >= 0.3 is 0 Å². The van der Waals surface area contributed by atoms with E-state index < -0.39 is 9.04 Å². The lowest BCUT2D eigenvalue weighted by Crippen LogP contribution is -2.33. The van der Waals surface area contributed by atoms with Crippen molar-refractivity contribution >= 4 is 14.2 Å². The van der Waals surface area contributed by atoms with Crippen molar-refractivity contribution in [2.75, 3.05) is 0 Å². The largest absolute Gasteiger partial charge is 0.413 e. The van der Waals surface area contributed by atoms with Gasteiger partial charge in [-0.25, -0.2) is 0 Å². The van der Waals surface area contributed by atoms with E-state index in [-0.39, 0.29) is 0 Å². The van der Waals surface area contributed by atoms with E-state index >= 15 is 0 Å². The summed E-state index contributed by atoms with van der Waals surface area (Å²) in [6.45, 7) is 6.55. The first-order valence-corrected chi connectivity index (χ1v) is 7.14. The molecule has 1 rings (SSSR count). The Labute approximate surface area is 82.5 Å². The SMILES string of the molecule is CCC(C)O[SiH](C)c1ccccc1. The van der Waals surface area contributed by atoms with E-state index in [2.05, 4.69) is 44.7 Å². The summed E-state index contributed by atoms with van der Waals surface area (Å²) in [7, 11) is -1.14. The fourth-order valence-electron chi connectivity index (χ4n) is 1.25. The number of hydrogen-bond donors (Lipinski definition) is 0. The summed E-state index contributed by atoms with van der Waals surface area (Å²) in [6, 6.07) is 10.5. The molecule has 2 unspecified atom stereocenters. The summed E-state index contributed by atoms with van der Waals surface area (Å²) in [6.07, 6.45) is 1.51. The maximum absolute atomic E-state index is 5.92. The number of hydrogen-bond acceptors (Lipinski definition) is 1. The summed E-state index contributed by atoms with van der Waals surface area (Å²) in [5.74, 6) is 0. The van der Waals surface area contributed by atoms with Gasteiger partial charge in [-0.1, -0.05) is 37.3 Å². The third kappa shape index (κ3) is 3.33. The highest BCUT2D eigenvalue weighted by molar-refractivity contribution is 6.66. The number of rotatable bonds is 4. The summed E-state index contributed by atoms with van der Waals surface area (Å²) < 4.78 is 5.92. The molecule has 0 bridgehead atoms.